The molecule has 2 heterocycles. The van der Waals surface area contributed by atoms with Crippen molar-refractivity contribution in [1.29, 1.82) is 0 Å². The molecule has 1 aliphatic carbocycles. The van der Waals surface area contributed by atoms with Gasteiger partial charge in [-0.1, -0.05) is 0 Å². The van der Waals surface area contributed by atoms with Crippen molar-refractivity contribution in [3.63, 3.8) is 0 Å². The molecule has 3 unspecified atom stereocenters. The predicted molar refractivity (Wildman–Crippen MR) is 43.4 cm³/mol. The summed E-state index contributed by atoms with van der Waals surface area (Å²) in [6, 6.07) is 0. The van der Waals surface area contributed by atoms with E-state index >= 15 is 0 Å². The highest BCUT2D eigenvalue weighted by Crippen LogP contribution is 2.83. The third kappa shape index (κ3) is 0.494. The van der Waals surface area contributed by atoms with E-state index in [0.29, 0.717) is 0 Å². The van der Waals surface area contributed by atoms with Gasteiger partial charge in [-0.25, -0.2) is 0 Å². The van der Waals surface area contributed by atoms with Crippen LogP contribution in [0.4, 0.5) is 0 Å². The van der Waals surface area contributed by atoms with Crippen LogP contribution in [0.3, 0.4) is 0 Å². The lowest BCUT2D eigenvalue weighted by atomic mass is 10.1. The van der Waals surface area contributed by atoms with Crippen molar-refractivity contribution in [3.05, 3.63) is 0 Å². The molecule has 3 rings (SSSR count). The van der Waals surface area contributed by atoms with Crippen molar-refractivity contribution in [1.82, 2.24) is 0 Å². The van der Waals surface area contributed by atoms with E-state index in [2.05, 4.69) is 0 Å². The third-order valence-corrected chi connectivity index (χ3v) is 7.16. The Kier molecular flexibility index (Phi) is 0.893. The zero-order chi connectivity index (χ0) is 7.74. The van der Waals surface area contributed by atoms with Gasteiger partial charge in [-0.05, 0) is 32.3 Å². The highest BCUT2D eigenvalue weighted by molar-refractivity contribution is 7.65. The van der Waals surface area contributed by atoms with Gasteiger partial charge in [0.1, 0.15) is 18.1 Å². The van der Waals surface area contributed by atoms with Crippen LogP contribution in [0.25, 0.3) is 0 Å². The Hall–Kier alpha value is 0.190. The first-order valence-corrected chi connectivity index (χ1v) is 6.73. The fourth-order valence-corrected chi connectivity index (χ4v) is 6.38. The molecule has 2 nitrogen and oxygen atoms in total. The molecule has 3 aliphatic rings. The van der Waals surface area contributed by atoms with Crippen molar-refractivity contribution < 1.29 is 9.30 Å². The standard InChI is InChI=1S/C8H13O2P/c1-11(9)6-5-7-3-2-4-8(7,11)10-7/h2-6H2,1H3. The Labute approximate surface area is 66.7 Å². The summed E-state index contributed by atoms with van der Waals surface area (Å²) in [7, 11) is -1.92. The molecule has 3 heteroatoms. The Balaban J connectivity index is 2.14. The summed E-state index contributed by atoms with van der Waals surface area (Å²) < 4.78 is 17.8. The number of ether oxygens (including phenoxy) is 1. The highest BCUT2D eigenvalue weighted by Gasteiger charge is 2.81. The molecule has 0 aromatic heterocycles. The Morgan fingerprint density at radius 3 is 2.82 bits per heavy atom. The summed E-state index contributed by atoms with van der Waals surface area (Å²) >= 11 is 0. The zero-order valence-electron chi connectivity index (χ0n) is 6.80. The van der Waals surface area contributed by atoms with Crippen LogP contribution in [0.1, 0.15) is 25.7 Å². The van der Waals surface area contributed by atoms with Crippen molar-refractivity contribution in [2.75, 3.05) is 12.8 Å². The van der Waals surface area contributed by atoms with E-state index in [0.717, 1.165) is 19.0 Å². The molecule has 0 spiro atoms. The summed E-state index contributed by atoms with van der Waals surface area (Å²) in [5.74, 6) is 0. The Morgan fingerprint density at radius 2 is 2.18 bits per heavy atom. The van der Waals surface area contributed by atoms with Crippen LogP contribution in [-0.4, -0.2) is 23.8 Å². The number of hydrogen-bond donors (Lipinski definition) is 0. The van der Waals surface area contributed by atoms with Gasteiger partial charge >= 0.3 is 0 Å². The minimum Gasteiger partial charge on any atom is -0.354 e. The summed E-state index contributed by atoms with van der Waals surface area (Å²) in [5, 5.41) is -0.0972. The SMILES string of the molecule is CP1(=O)CCC23CCCC21O3. The van der Waals surface area contributed by atoms with Gasteiger partial charge in [0.2, 0.25) is 0 Å². The minimum atomic E-state index is -1.92. The van der Waals surface area contributed by atoms with Crippen molar-refractivity contribution in [2.24, 2.45) is 0 Å². The molecule has 0 aromatic carbocycles. The second-order valence-electron chi connectivity index (χ2n) is 4.31. The van der Waals surface area contributed by atoms with Gasteiger partial charge in [-0.15, -0.1) is 0 Å². The average Bonchev–Trinajstić information content (AvgIpc) is 2.41. The van der Waals surface area contributed by atoms with Crippen LogP contribution in [0, 0.1) is 0 Å². The van der Waals surface area contributed by atoms with Gasteiger partial charge in [0.25, 0.3) is 0 Å². The maximum absolute atomic E-state index is 12.1. The quantitative estimate of drug-likeness (QED) is 0.413. The molecule has 11 heavy (non-hydrogen) atoms. The monoisotopic (exact) mass is 172 g/mol. The van der Waals surface area contributed by atoms with Gasteiger partial charge in [0.05, 0.1) is 0 Å². The second kappa shape index (κ2) is 1.47. The lowest BCUT2D eigenvalue weighted by Gasteiger charge is -2.15. The maximum Gasteiger partial charge on any atom is 0.150 e. The van der Waals surface area contributed by atoms with Crippen LogP contribution in [0.15, 0.2) is 0 Å². The fraction of sp³-hybridized carbons (Fsp3) is 1.00. The average molecular weight is 172 g/mol. The van der Waals surface area contributed by atoms with Crippen molar-refractivity contribution in [3.8, 4) is 0 Å². The fourth-order valence-electron chi connectivity index (χ4n) is 3.15. The van der Waals surface area contributed by atoms with Crippen LogP contribution in [-0.2, 0) is 9.30 Å². The summed E-state index contributed by atoms with van der Waals surface area (Å²) in [4.78, 5) is 0. The van der Waals surface area contributed by atoms with E-state index in [-0.39, 0.29) is 10.9 Å². The van der Waals surface area contributed by atoms with E-state index in [1.54, 1.807) is 0 Å². The lowest BCUT2D eigenvalue weighted by Crippen LogP contribution is -2.10. The number of rotatable bonds is 0. The zero-order valence-corrected chi connectivity index (χ0v) is 7.69. The molecule has 2 aliphatic heterocycles. The van der Waals surface area contributed by atoms with Gasteiger partial charge < -0.3 is 9.30 Å². The topological polar surface area (TPSA) is 29.6 Å². The first-order chi connectivity index (χ1) is 5.12. The molecule has 0 aromatic rings. The molecule has 3 atom stereocenters. The van der Waals surface area contributed by atoms with Crippen LogP contribution < -0.4 is 0 Å². The molecular formula is C8H13O2P. The van der Waals surface area contributed by atoms with Gasteiger partial charge in [-0.3, -0.25) is 0 Å². The summed E-state index contributed by atoms with van der Waals surface area (Å²) in [6.07, 6.45) is 5.48. The Bertz CT molecular complexity index is 267. The molecular weight excluding hydrogens is 159 g/mol. The normalized spacial score (nSPS) is 65.9. The van der Waals surface area contributed by atoms with Crippen LogP contribution in [0.2, 0.25) is 0 Å². The smallest absolute Gasteiger partial charge is 0.150 e. The Morgan fingerprint density at radius 1 is 1.36 bits per heavy atom. The molecule has 0 radical (unpaired) electrons. The predicted octanol–water partition coefficient (Wildman–Crippen LogP) is 2.03. The molecule has 1 saturated carbocycles. The van der Waals surface area contributed by atoms with E-state index in [4.69, 9.17) is 4.74 Å². The van der Waals surface area contributed by atoms with Gasteiger partial charge in [-0.2, -0.15) is 0 Å². The molecule has 0 N–H and O–H groups in total. The van der Waals surface area contributed by atoms with E-state index in [9.17, 15) is 4.57 Å². The minimum absolute atomic E-state index is 0.0972. The largest absolute Gasteiger partial charge is 0.354 e. The van der Waals surface area contributed by atoms with Crippen molar-refractivity contribution in [2.45, 2.75) is 36.6 Å². The van der Waals surface area contributed by atoms with Crippen molar-refractivity contribution >= 4 is 7.14 Å². The first kappa shape index (κ1) is 6.68. The second-order valence-corrected chi connectivity index (χ2v) is 7.68. The van der Waals surface area contributed by atoms with Crippen LogP contribution in [0.5, 0.6) is 0 Å². The lowest BCUT2D eigenvalue weighted by molar-refractivity contribution is 0.228. The molecule has 2 saturated heterocycles. The highest BCUT2D eigenvalue weighted by atomic mass is 31.2. The number of hydrogen-bond acceptors (Lipinski definition) is 2. The first-order valence-electron chi connectivity index (χ1n) is 4.39. The van der Waals surface area contributed by atoms with Gasteiger partial charge in [0.15, 0.2) is 0 Å². The summed E-state index contributed by atoms with van der Waals surface area (Å²) in [6.45, 7) is 1.94. The van der Waals surface area contributed by atoms with Crippen LogP contribution >= 0.6 is 7.14 Å². The maximum atomic E-state index is 12.1. The van der Waals surface area contributed by atoms with Gasteiger partial charge in [0, 0.05) is 6.16 Å². The van der Waals surface area contributed by atoms with E-state index in [1.807, 2.05) is 6.66 Å². The summed E-state index contributed by atoms with van der Waals surface area (Å²) in [5.41, 5.74) is 0.122. The van der Waals surface area contributed by atoms with E-state index < -0.39 is 7.14 Å². The van der Waals surface area contributed by atoms with E-state index in [1.165, 1.54) is 12.8 Å². The number of epoxide rings is 1. The molecule has 3 fully saturated rings. The molecule has 0 bridgehead atoms. The third-order valence-electron chi connectivity index (χ3n) is 3.84. The molecule has 0 amide bonds. The molecule has 62 valence electrons.